The van der Waals surface area contributed by atoms with Crippen LogP contribution in [0.2, 0.25) is 0 Å². The van der Waals surface area contributed by atoms with E-state index in [2.05, 4.69) is 107 Å². The summed E-state index contributed by atoms with van der Waals surface area (Å²) >= 11 is 0. The third kappa shape index (κ3) is 17.4. The first-order valence-corrected chi connectivity index (χ1v) is 45.3. The van der Waals surface area contributed by atoms with Crippen molar-refractivity contribution in [2.75, 3.05) is 7.11 Å². The van der Waals surface area contributed by atoms with E-state index < -0.39 is 0 Å². The quantitative estimate of drug-likeness (QED) is 0.0210. The van der Waals surface area contributed by atoms with Gasteiger partial charge in [0.1, 0.15) is 5.75 Å². The number of ether oxygens (including phenoxy) is 1. The number of hydrogen-bond donors (Lipinski definition) is 0. The minimum atomic E-state index is 0.995. The molecule has 13 aromatic carbocycles. The highest BCUT2D eigenvalue weighted by atomic mass is 16.5. The van der Waals surface area contributed by atoms with Crippen molar-refractivity contribution in [1.29, 1.82) is 0 Å². The molecule has 1 nitrogen and oxygen atoms in total. The Morgan fingerprint density at radius 3 is 0.413 bits per heavy atom. The van der Waals surface area contributed by atoms with Gasteiger partial charge in [-0.1, -0.05) is 384 Å². The van der Waals surface area contributed by atoms with Crippen molar-refractivity contribution in [1.82, 2.24) is 0 Å². The summed E-state index contributed by atoms with van der Waals surface area (Å²) in [5.41, 5.74) is 7.72. The maximum atomic E-state index is 6.62. The van der Waals surface area contributed by atoms with Crippen molar-refractivity contribution in [2.24, 2.45) is 0 Å². The van der Waals surface area contributed by atoms with E-state index in [1.54, 1.807) is 59.8 Å². The molecule has 0 saturated heterocycles. The van der Waals surface area contributed by atoms with E-state index in [9.17, 15) is 0 Å². The van der Waals surface area contributed by atoms with E-state index in [0.29, 0.717) is 0 Å². The van der Waals surface area contributed by atoms with Gasteiger partial charge >= 0.3 is 0 Å². The zero-order chi connectivity index (χ0) is 71.4. The average molecular weight is 1390 g/mol. The van der Waals surface area contributed by atoms with Crippen LogP contribution in [-0.2, 0) is 32.1 Å². The standard InChI is InChI=1S/C103H140O/c1-7-12-17-22-27-32-37-42-47-52-57-74-62-80-82-64-75(58-53-48-43-38-33-28-23-18-13-8-2)66-84-86-68-77(60-55-50-45-40-35-30-25-20-15-10-4)70-88-90-72-79(104-6)73-91-89-71-78(61-56-51-46-41-36-31-26-21-16-11-5)69-87-85-67-76(59-54-49-44-39-34-29-24-19-14-9-3)65-83-81(63-74)92(80)98-99(93(82)84)101(95(86)88)103(97(90)91)102(96(87)89)100(98)94(83)85/h62-73H,7-61H2,1-6H3. The largest absolute Gasteiger partial charge is 0.497 e. The minimum absolute atomic E-state index is 0.995. The molecular weight excluding hydrogens is 1250 g/mol. The number of rotatable bonds is 56. The molecule has 558 valence electrons. The molecule has 0 spiro atoms. The molecule has 0 atom stereocenters. The van der Waals surface area contributed by atoms with Crippen LogP contribution in [0, 0.1) is 0 Å². The molecule has 0 bridgehead atoms. The van der Waals surface area contributed by atoms with E-state index >= 15 is 0 Å². The van der Waals surface area contributed by atoms with Crippen LogP contribution in [0.25, 0.3) is 129 Å². The Morgan fingerprint density at radius 2 is 0.279 bits per heavy atom. The fourth-order valence-corrected chi connectivity index (χ4v) is 20.5. The normalized spacial score (nSPS) is 12.7. The molecule has 0 aliphatic rings. The molecule has 0 amide bonds. The highest BCUT2D eigenvalue weighted by molar-refractivity contribution is 6.61. The molecule has 0 saturated carbocycles. The summed E-state index contributed by atoms with van der Waals surface area (Å²) in [5.74, 6) is 0.995. The number of fused-ring (bicyclic) bond motifs is 6. The van der Waals surface area contributed by atoms with Crippen molar-refractivity contribution in [3.8, 4) is 5.75 Å². The number of unbranched alkanes of at least 4 members (excludes halogenated alkanes) is 45. The summed E-state index contributed by atoms with van der Waals surface area (Å²) in [6.45, 7) is 11.7. The van der Waals surface area contributed by atoms with Crippen molar-refractivity contribution < 1.29 is 4.74 Å². The summed E-state index contributed by atoms with van der Waals surface area (Å²) < 4.78 is 6.62. The third-order valence-corrected chi connectivity index (χ3v) is 26.2. The number of hydrogen-bond acceptors (Lipinski definition) is 1. The van der Waals surface area contributed by atoms with Gasteiger partial charge in [-0.3, -0.25) is 0 Å². The van der Waals surface area contributed by atoms with Gasteiger partial charge in [-0.25, -0.2) is 0 Å². The van der Waals surface area contributed by atoms with E-state index in [1.165, 1.54) is 418 Å². The van der Waals surface area contributed by atoms with Gasteiger partial charge in [0.2, 0.25) is 0 Å². The van der Waals surface area contributed by atoms with Gasteiger partial charge in [0.05, 0.1) is 7.11 Å². The van der Waals surface area contributed by atoms with Gasteiger partial charge in [-0.05, 0) is 233 Å². The van der Waals surface area contributed by atoms with Crippen LogP contribution in [0.1, 0.15) is 383 Å². The number of benzene rings is 13. The second-order valence-electron chi connectivity index (χ2n) is 34.3. The molecule has 0 fully saturated rings. The molecule has 0 radical (unpaired) electrons. The summed E-state index contributed by atoms with van der Waals surface area (Å²) in [6.07, 6.45) is 74.0. The minimum Gasteiger partial charge on any atom is -0.497 e. The van der Waals surface area contributed by atoms with Crippen molar-refractivity contribution in [2.45, 2.75) is 388 Å². The second kappa shape index (κ2) is 38.9. The number of aryl methyl sites for hydroxylation is 5. The van der Waals surface area contributed by atoms with Crippen molar-refractivity contribution >= 4 is 129 Å². The lowest BCUT2D eigenvalue weighted by atomic mass is 9.72. The van der Waals surface area contributed by atoms with Crippen LogP contribution in [0.4, 0.5) is 0 Å². The molecule has 13 rings (SSSR count). The molecule has 104 heavy (non-hydrogen) atoms. The summed E-state index contributed by atoms with van der Waals surface area (Å²) in [5, 5.41) is 36.4. The second-order valence-corrected chi connectivity index (χ2v) is 34.3. The fourth-order valence-electron chi connectivity index (χ4n) is 20.5. The number of methoxy groups -OCH3 is 1. The molecule has 0 aliphatic heterocycles. The molecule has 0 aromatic heterocycles. The zero-order valence-electron chi connectivity index (χ0n) is 67.2. The van der Waals surface area contributed by atoms with Crippen LogP contribution in [-0.4, -0.2) is 7.11 Å². The lowest BCUT2D eigenvalue weighted by Gasteiger charge is -2.30. The molecule has 0 aliphatic carbocycles. The Kier molecular flexibility index (Phi) is 28.6. The van der Waals surface area contributed by atoms with Crippen LogP contribution in [0.15, 0.2) is 72.8 Å². The topological polar surface area (TPSA) is 9.23 Å². The average Bonchev–Trinajstić information content (AvgIpc) is 0.643. The lowest BCUT2D eigenvalue weighted by molar-refractivity contribution is 0.416. The van der Waals surface area contributed by atoms with Crippen LogP contribution in [0.5, 0.6) is 5.75 Å². The highest BCUT2D eigenvalue weighted by Crippen LogP contribution is 2.61. The molecule has 0 N–H and O–H groups in total. The van der Waals surface area contributed by atoms with E-state index in [1.807, 2.05) is 7.11 Å². The van der Waals surface area contributed by atoms with Gasteiger partial charge in [0.25, 0.3) is 0 Å². The highest BCUT2D eigenvalue weighted by Gasteiger charge is 2.33. The van der Waals surface area contributed by atoms with E-state index in [-0.39, 0.29) is 0 Å². The van der Waals surface area contributed by atoms with E-state index in [4.69, 9.17) is 4.74 Å². The van der Waals surface area contributed by atoms with E-state index in [0.717, 1.165) is 37.9 Å². The maximum Gasteiger partial charge on any atom is 0.120 e. The third-order valence-electron chi connectivity index (χ3n) is 26.2. The monoisotopic (exact) mass is 1390 g/mol. The van der Waals surface area contributed by atoms with Gasteiger partial charge in [-0.2, -0.15) is 0 Å². The van der Waals surface area contributed by atoms with Crippen LogP contribution >= 0.6 is 0 Å². The first-order chi connectivity index (χ1) is 51.5. The summed E-state index contributed by atoms with van der Waals surface area (Å²) in [4.78, 5) is 0. The Hall–Kier alpha value is -5.66. The Bertz CT molecular complexity index is 4390. The molecule has 0 unspecified atom stereocenters. The molecule has 13 aromatic rings. The van der Waals surface area contributed by atoms with Crippen LogP contribution in [0.3, 0.4) is 0 Å². The first kappa shape index (κ1) is 76.5. The Balaban J connectivity index is 1.01. The van der Waals surface area contributed by atoms with Gasteiger partial charge in [0.15, 0.2) is 0 Å². The van der Waals surface area contributed by atoms with Gasteiger partial charge in [0, 0.05) is 0 Å². The molecular formula is C103H140O. The molecule has 0 heterocycles. The van der Waals surface area contributed by atoms with Crippen molar-refractivity contribution in [3.05, 3.63) is 101 Å². The van der Waals surface area contributed by atoms with Gasteiger partial charge < -0.3 is 4.74 Å². The predicted molar refractivity (Wildman–Crippen MR) is 468 cm³/mol. The Morgan fingerprint density at radius 1 is 0.154 bits per heavy atom. The zero-order valence-corrected chi connectivity index (χ0v) is 67.2. The summed E-state index contributed by atoms with van der Waals surface area (Å²) in [7, 11) is 1.94. The molecule has 1 heteroatoms. The maximum absolute atomic E-state index is 6.62. The smallest absolute Gasteiger partial charge is 0.120 e. The first-order valence-electron chi connectivity index (χ1n) is 45.3. The lowest BCUT2D eigenvalue weighted by Crippen LogP contribution is -2.03. The Labute approximate surface area is 631 Å². The van der Waals surface area contributed by atoms with Crippen LogP contribution < -0.4 is 4.74 Å². The van der Waals surface area contributed by atoms with Crippen molar-refractivity contribution in [3.63, 3.8) is 0 Å². The predicted octanol–water partition coefficient (Wildman–Crippen LogP) is 34.5. The SMILES string of the molecule is CCCCCCCCCCCCc1cc2c3cc(CCCCCCCCCCCC)cc4c5cc(CCCCCCCCCCCC)cc6c7cc(OC)cc8c9cc(CCCCCCCCCCCC)cc%10c%11cc(CCCCCCCCCCCC)cc%12c(c1)c2c1c(c34)c(c56)c(c78)c(c%109)c1c%12%11. The fraction of sp³-hybridized carbons (Fsp3) is 0.592. The van der Waals surface area contributed by atoms with Gasteiger partial charge in [-0.15, -0.1) is 0 Å². The summed E-state index contributed by atoms with van der Waals surface area (Å²) in [6, 6.07) is 32.6.